The summed E-state index contributed by atoms with van der Waals surface area (Å²) in [6.45, 7) is 2.47. The number of benzene rings is 2. The number of carbonyl (C=O) groups is 1. The topological polar surface area (TPSA) is 79.5 Å². The molecule has 1 N–H and O–H groups in total. The number of hydrogen-bond acceptors (Lipinski definition) is 4. The van der Waals surface area contributed by atoms with Crippen LogP contribution in [-0.2, 0) is 4.79 Å². The van der Waals surface area contributed by atoms with Crippen LogP contribution in [0.3, 0.4) is 0 Å². The van der Waals surface area contributed by atoms with Crippen molar-refractivity contribution >= 4 is 23.6 Å². The van der Waals surface area contributed by atoms with E-state index in [9.17, 15) is 4.79 Å². The van der Waals surface area contributed by atoms with Gasteiger partial charge in [0, 0.05) is 10.6 Å². The van der Waals surface area contributed by atoms with E-state index in [4.69, 9.17) is 31.4 Å². The molecule has 0 saturated heterocycles. The Morgan fingerprint density at radius 3 is 2.64 bits per heavy atom. The van der Waals surface area contributed by atoms with Crippen LogP contribution in [0.1, 0.15) is 11.1 Å². The van der Waals surface area contributed by atoms with E-state index in [2.05, 4.69) is 0 Å². The molecule has 0 unspecified atom stereocenters. The van der Waals surface area contributed by atoms with Gasteiger partial charge in [-0.15, -0.1) is 0 Å². The summed E-state index contributed by atoms with van der Waals surface area (Å²) in [7, 11) is 0. The molecule has 6 heteroatoms. The molecule has 0 radical (unpaired) electrons. The molecule has 0 aromatic heterocycles. The molecule has 0 bridgehead atoms. The van der Waals surface area contributed by atoms with Gasteiger partial charge in [-0.25, -0.2) is 4.79 Å². The number of rotatable bonds is 7. The van der Waals surface area contributed by atoms with Crippen molar-refractivity contribution < 1.29 is 19.4 Å². The van der Waals surface area contributed by atoms with Crippen LogP contribution >= 0.6 is 11.6 Å². The second-order valence-electron chi connectivity index (χ2n) is 5.12. The number of nitrogens with zero attached hydrogens (tertiary/aromatic N) is 1. The minimum absolute atomic E-state index is 0.265. The average molecular weight is 358 g/mol. The lowest BCUT2D eigenvalue weighted by Gasteiger charge is -2.11. The first-order valence-corrected chi connectivity index (χ1v) is 7.85. The Labute approximate surface area is 150 Å². The van der Waals surface area contributed by atoms with E-state index >= 15 is 0 Å². The van der Waals surface area contributed by atoms with E-state index in [1.807, 2.05) is 13.0 Å². The Morgan fingerprint density at radius 2 is 1.96 bits per heavy atom. The van der Waals surface area contributed by atoms with Crippen LogP contribution in [-0.4, -0.2) is 24.3 Å². The van der Waals surface area contributed by atoms with Gasteiger partial charge in [0.2, 0.25) is 0 Å². The lowest BCUT2D eigenvalue weighted by Crippen LogP contribution is -2.09. The molecule has 0 atom stereocenters. The maximum Gasteiger partial charge on any atom is 0.346 e. The second kappa shape index (κ2) is 8.76. The zero-order chi connectivity index (χ0) is 18.2. The highest BCUT2D eigenvalue weighted by Gasteiger charge is 2.08. The molecule has 0 saturated carbocycles. The van der Waals surface area contributed by atoms with E-state index in [0.717, 1.165) is 5.56 Å². The molecule has 0 spiro atoms. The molecule has 5 nitrogen and oxygen atoms in total. The molecule has 2 aromatic carbocycles. The summed E-state index contributed by atoms with van der Waals surface area (Å²) in [5.74, 6) is -0.109. The molecule has 0 fully saturated rings. The maximum absolute atomic E-state index is 11.0. The summed E-state index contributed by atoms with van der Waals surface area (Å²) >= 11 is 5.96. The van der Waals surface area contributed by atoms with Gasteiger partial charge >= 0.3 is 5.97 Å². The molecule has 0 aliphatic heterocycles. The van der Waals surface area contributed by atoms with Crippen LogP contribution in [0.25, 0.3) is 6.08 Å². The van der Waals surface area contributed by atoms with Crippen molar-refractivity contribution in [2.24, 2.45) is 0 Å². The van der Waals surface area contributed by atoms with Gasteiger partial charge in [0.25, 0.3) is 0 Å². The highest BCUT2D eigenvalue weighted by Crippen LogP contribution is 2.22. The number of para-hydroxylation sites is 1. The molecular formula is C19H16ClNO4. The Balaban J connectivity index is 1.98. The molecule has 0 amide bonds. The Kier molecular flexibility index (Phi) is 6.44. The van der Waals surface area contributed by atoms with Gasteiger partial charge in [-0.2, -0.15) is 5.26 Å². The third kappa shape index (κ3) is 5.27. The number of halogens is 1. The van der Waals surface area contributed by atoms with Crippen LogP contribution in [0.4, 0.5) is 0 Å². The van der Waals surface area contributed by atoms with E-state index < -0.39 is 5.97 Å². The Hall–Kier alpha value is -2.97. The third-order valence-corrected chi connectivity index (χ3v) is 3.73. The standard InChI is InChI=1S/C19H16ClNO4/c1-13-10-16(6-7-17(13)20)24-8-9-25-18-5-3-2-4-14(18)11-15(12-21)19(22)23/h2-7,10-11H,8-9H2,1H3,(H,22,23). The number of nitriles is 1. The van der Waals surface area contributed by atoms with Crippen molar-refractivity contribution in [3.8, 4) is 17.6 Å². The number of aryl methyl sites for hydroxylation is 1. The zero-order valence-corrected chi connectivity index (χ0v) is 14.3. The Bertz CT molecular complexity index is 840. The fourth-order valence-electron chi connectivity index (χ4n) is 2.05. The predicted octanol–water partition coefficient (Wildman–Crippen LogP) is 4.10. The number of carboxylic acid groups (broad SMARTS) is 1. The molecular weight excluding hydrogens is 342 g/mol. The quantitative estimate of drug-likeness (QED) is 0.458. The predicted molar refractivity (Wildman–Crippen MR) is 94.8 cm³/mol. The summed E-state index contributed by atoms with van der Waals surface area (Å²) in [6.07, 6.45) is 1.28. The summed E-state index contributed by atoms with van der Waals surface area (Å²) in [6, 6.07) is 13.9. The monoisotopic (exact) mass is 357 g/mol. The van der Waals surface area contributed by atoms with Gasteiger partial charge in [0.1, 0.15) is 36.4 Å². The highest BCUT2D eigenvalue weighted by atomic mass is 35.5. The van der Waals surface area contributed by atoms with Crippen molar-refractivity contribution in [3.63, 3.8) is 0 Å². The van der Waals surface area contributed by atoms with Crippen molar-refractivity contribution in [2.45, 2.75) is 6.92 Å². The minimum atomic E-state index is -1.28. The molecule has 0 heterocycles. The molecule has 2 rings (SSSR count). The first-order chi connectivity index (χ1) is 12.0. The van der Waals surface area contributed by atoms with Crippen molar-refractivity contribution in [1.29, 1.82) is 5.26 Å². The maximum atomic E-state index is 11.0. The van der Waals surface area contributed by atoms with Gasteiger partial charge in [-0.3, -0.25) is 0 Å². The summed E-state index contributed by atoms with van der Waals surface area (Å²) in [5, 5.41) is 18.5. The molecule has 0 aliphatic carbocycles. The van der Waals surface area contributed by atoms with E-state index in [-0.39, 0.29) is 12.2 Å². The van der Waals surface area contributed by atoms with E-state index in [1.165, 1.54) is 6.08 Å². The number of aliphatic carboxylic acids is 1. The number of hydrogen-bond donors (Lipinski definition) is 1. The summed E-state index contributed by atoms with van der Waals surface area (Å²) in [4.78, 5) is 11.0. The van der Waals surface area contributed by atoms with E-state index in [1.54, 1.807) is 42.5 Å². The van der Waals surface area contributed by atoms with Gasteiger partial charge in [-0.1, -0.05) is 29.8 Å². The number of ether oxygens (including phenoxy) is 2. The smallest absolute Gasteiger partial charge is 0.346 e. The zero-order valence-electron chi connectivity index (χ0n) is 13.5. The Morgan fingerprint density at radius 1 is 1.24 bits per heavy atom. The fraction of sp³-hybridized carbons (Fsp3) is 0.158. The van der Waals surface area contributed by atoms with Gasteiger partial charge in [0.05, 0.1) is 0 Å². The van der Waals surface area contributed by atoms with Crippen molar-refractivity contribution in [2.75, 3.05) is 13.2 Å². The lowest BCUT2D eigenvalue weighted by atomic mass is 10.1. The van der Waals surface area contributed by atoms with Crippen LogP contribution in [0.5, 0.6) is 11.5 Å². The molecule has 2 aromatic rings. The van der Waals surface area contributed by atoms with Crippen LogP contribution in [0.15, 0.2) is 48.0 Å². The number of carboxylic acids is 1. The van der Waals surface area contributed by atoms with Crippen LogP contribution in [0.2, 0.25) is 5.02 Å². The third-order valence-electron chi connectivity index (χ3n) is 3.31. The normalized spacial score (nSPS) is 10.8. The summed E-state index contributed by atoms with van der Waals surface area (Å²) < 4.78 is 11.2. The van der Waals surface area contributed by atoms with Crippen molar-refractivity contribution in [3.05, 3.63) is 64.2 Å². The first-order valence-electron chi connectivity index (χ1n) is 7.47. The second-order valence-corrected chi connectivity index (χ2v) is 5.53. The SMILES string of the molecule is Cc1cc(OCCOc2ccccc2C=C(C#N)C(=O)O)ccc1Cl. The molecule has 128 valence electrons. The molecule has 0 aliphatic rings. The van der Waals surface area contributed by atoms with Gasteiger partial charge in [0.15, 0.2) is 0 Å². The average Bonchev–Trinajstić information content (AvgIpc) is 2.60. The van der Waals surface area contributed by atoms with Crippen LogP contribution in [0, 0.1) is 18.3 Å². The summed E-state index contributed by atoms with van der Waals surface area (Å²) in [5.41, 5.74) is 1.08. The van der Waals surface area contributed by atoms with Crippen molar-refractivity contribution in [1.82, 2.24) is 0 Å². The van der Waals surface area contributed by atoms with Crippen LogP contribution < -0.4 is 9.47 Å². The fourth-order valence-corrected chi connectivity index (χ4v) is 2.16. The lowest BCUT2D eigenvalue weighted by molar-refractivity contribution is -0.132. The van der Waals surface area contributed by atoms with Gasteiger partial charge in [-0.05, 0) is 42.8 Å². The molecule has 25 heavy (non-hydrogen) atoms. The highest BCUT2D eigenvalue weighted by molar-refractivity contribution is 6.31. The largest absolute Gasteiger partial charge is 0.490 e. The van der Waals surface area contributed by atoms with E-state index in [0.29, 0.717) is 28.7 Å². The minimum Gasteiger partial charge on any atom is -0.490 e. The first kappa shape index (κ1) is 18.4. The van der Waals surface area contributed by atoms with Gasteiger partial charge < -0.3 is 14.6 Å².